The summed E-state index contributed by atoms with van der Waals surface area (Å²) in [6.07, 6.45) is 8.07. The summed E-state index contributed by atoms with van der Waals surface area (Å²) in [6, 6.07) is 6.00. The number of rotatable bonds is 2. The number of pyridine rings is 1. The molecule has 2 fully saturated rings. The fraction of sp³-hybridized carbons (Fsp3) is 0.625. The molecular formula is C16H22N4. The maximum absolute atomic E-state index is 9.29. The van der Waals surface area contributed by atoms with Gasteiger partial charge >= 0.3 is 0 Å². The molecule has 1 N–H and O–H groups in total. The summed E-state index contributed by atoms with van der Waals surface area (Å²) in [5, 5.41) is 12.8. The number of nitriles is 1. The van der Waals surface area contributed by atoms with E-state index in [1.807, 2.05) is 13.0 Å². The zero-order chi connectivity index (χ0) is 14.1. The smallest absolute Gasteiger partial charge is 0.144 e. The van der Waals surface area contributed by atoms with E-state index in [2.05, 4.69) is 28.3 Å². The molecule has 1 aromatic heterocycles. The molecule has 0 aromatic carbocycles. The SMILES string of the molecule is Cc1ccnc(NC2CC3CCCC(C2)N3C)c1C#N. The van der Waals surface area contributed by atoms with Gasteiger partial charge in [-0.15, -0.1) is 0 Å². The van der Waals surface area contributed by atoms with E-state index in [-0.39, 0.29) is 0 Å². The zero-order valence-corrected chi connectivity index (χ0v) is 12.3. The van der Waals surface area contributed by atoms with E-state index in [1.54, 1.807) is 6.20 Å². The highest BCUT2D eigenvalue weighted by atomic mass is 15.2. The van der Waals surface area contributed by atoms with E-state index in [0.29, 0.717) is 23.7 Å². The van der Waals surface area contributed by atoms with E-state index in [1.165, 1.54) is 19.3 Å². The molecule has 0 spiro atoms. The van der Waals surface area contributed by atoms with Crippen LogP contribution in [0.2, 0.25) is 0 Å². The average Bonchev–Trinajstić information content (AvgIpc) is 2.40. The number of piperidine rings is 2. The van der Waals surface area contributed by atoms with Crippen molar-refractivity contribution >= 4 is 5.82 Å². The van der Waals surface area contributed by atoms with Crippen molar-refractivity contribution < 1.29 is 0 Å². The number of aryl methyl sites for hydroxylation is 1. The number of fused-ring (bicyclic) bond motifs is 2. The lowest BCUT2D eigenvalue weighted by molar-refractivity contribution is 0.0608. The van der Waals surface area contributed by atoms with Crippen molar-refractivity contribution in [1.82, 2.24) is 9.88 Å². The molecule has 4 nitrogen and oxygen atoms in total. The van der Waals surface area contributed by atoms with Gasteiger partial charge in [0, 0.05) is 24.3 Å². The van der Waals surface area contributed by atoms with Crippen LogP contribution in [0.3, 0.4) is 0 Å². The van der Waals surface area contributed by atoms with Gasteiger partial charge in [-0.2, -0.15) is 5.26 Å². The highest BCUT2D eigenvalue weighted by Gasteiger charge is 2.36. The van der Waals surface area contributed by atoms with Gasteiger partial charge in [-0.25, -0.2) is 4.98 Å². The average molecular weight is 270 g/mol. The molecular weight excluding hydrogens is 248 g/mol. The zero-order valence-electron chi connectivity index (χ0n) is 12.3. The molecule has 4 heteroatoms. The van der Waals surface area contributed by atoms with Gasteiger partial charge < -0.3 is 10.2 Å². The summed E-state index contributed by atoms with van der Waals surface area (Å²) >= 11 is 0. The van der Waals surface area contributed by atoms with Crippen LogP contribution in [0.4, 0.5) is 5.82 Å². The fourth-order valence-corrected chi connectivity index (χ4v) is 3.74. The van der Waals surface area contributed by atoms with Gasteiger partial charge in [0.05, 0.1) is 5.56 Å². The molecule has 2 aliphatic rings. The van der Waals surface area contributed by atoms with E-state index in [9.17, 15) is 5.26 Å². The number of aromatic nitrogens is 1. The Morgan fingerprint density at radius 3 is 2.70 bits per heavy atom. The van der Waals surface area contributed by atoms with Crippen LogP contribution in [0, 0.1) is 18.3 Å². The van der Waals surface area contributed by atoms with Crippen LogP contribution in [-0.4, -0.2) is 35.1 Å². The predicted octanol–water partition coefficient (Wildman–Crippen LogP) is 2.69. The molecule has 3 heterocycles. The van der Waals surface area contributed by atoms with Gasteiger partial charge in [0.1, 0.15) is 11.9 Å². The summed E-state index contributed by atoms with van der Waals surface area (Å²) in [5.41, 5.74) is 1.69. The molecule has 1 aromatic rings. The lowest BCUT2D eigenvalue weighted by Gasteiger charge is -2.47. The van der Waals surface area contributed by atoms with Crippen LogP contribution in [0.25, 0.3) is 0 Å². The molecule has 2 unspecified atom stereocenters. The third-order valence-electron chi connectivity index (χ3n) is 4.95. The highest BCUT2D eigenvalue weighted by Crippen LogP contribution is 2.34. The third kappa shape index (κ3) is 2.38. The van der Waals surface area contributed by atoms with Gasteiger partial charge in [0.25, 0.3) is 0 Å². The Kier molecular flexibility index (Phi) is 3.62. The number of hydrogen-bond donors (Lipinski definition) is 1. The Morgan fingerprint density at radius 2 is 2.05 bits per heavy atom. The van der Waals surface area contributed by atoms with Gasteiger partial charge in [0.2, 0.25) is 0 Å². The van der Waals surface area contributed by atoms with Crippen molar-refractivity contribution in [2.24, 2.45) is 0 Å². The lowest BCUT2D eigenvalue weighted by atomic mass is 9.82. The Morgan fingerprint density at radius 1 is 1.35 bits per heavy atom. The van der Waals surface area contributed by atoms with Gasteiger partial charge in [-0.3, -0.25) is 0 Å². The second-order valence-corrected chi connectivity index (χ2v) is 6.18. The topological polar surface area (TPSA) is 52.0 Å². The third-order valence-corrected chi connectivity index (χ3v) is 4.95. The van der Waals surface area contributed by atoms with Gasteiger partial charge in [0.15, 0.2) is 0 Å². The Bertz CT molecular complexity index is 520. The van der Waals surface area contributed by atoms with Crippen LogP contribution < -0.4 is 5.32 Å². The maximum atomic E-state index is 9.29. The lowest BCUT2D eigenvalue weighted by Crippen LogP contribution is -2.52. The van der Waals surface area contributed by atoms with Gasteiger partial charge in [-0.1, -0.05) is 6.42 Å². The van der Waals surface area contributed by atoms with Crippen molar-refractivity contribution in [2.75, 3.05) is 12.4 Å². The number of nitrogens with one attached hydrogen (secondary N) is 1. The highest BCUT2D eigenvalue weighted by molar-refractivity contribution is 5.55. The van der Waals surface area contributed by atoms with Crippen molar-refractivity contribution in [2.45, 2.75) is 57.2 Å². The molecule has 2 saturated heterocycles. The van der Waals surface area contributed by atoms with Crippen LogP contribution in [-0.2, 0) is 0 Å². The summed E-state index contributed by atoms with van der Waals surface area (Å²) in [7, 11) is 2.26. The first-order valence-electron chi connectivity index (χ1n) is 7.53. The summed E-state index contributed by atoms with van der Waals surface area (Å²) in [4.78, 5) is 6.92. The van der Waals surface area contributed by atoms with E-state index < -0.39 is 0 Å². The van der Waals surface area contributed by atoms with E-state index >= 15 is 0 Å². The van der Waals surface area contributed by atoms with Crippen molar-refractivity contribution in [3.63, 3.8) is 0 Å². The molecule has 106 valence electrons. The molecule has 2 atom stereocenters. The quantitative estimate of drug-likeness (QED) is 0.897. The van der Waals surface area contributed by atoms with Crippen LogP contribution >= 0.6 is 0 Å². The predicted molar refractivity (Wildman–Crippen MR) is 79.5 cm³/mol. The minimum absolute atomic E-state index is 0.447. The second kappa shape index (κ2) is 5.41. The molecule has 2 aliphatic heterocycles. The summed E-state index contributed by atoms with van der Waals surface area (Å²) in [6.45, 7) is 1.97. The minimum Gasteiger partial charge on any atom is -0.366 e. The largest absolute Gasteiger partial charge is 0.366 e. The molecule has 2 bridgehead atoms. The molecule has 0 saturated carbocycles. The molecule has 0 radical (unpaired) electrons. The van der Waals surface area contributed by atoms with Crippen LogP contribution in [0.15, 0.2) is 12.3 Å². The standard InChI is InChI=1S/C16H22N4/c1-11-6-7-18-16(15(11)10-17)19-12-8-13-4-3-5-14(9-12)20(13)2/h6-7,12-14H,3-5,8-9H2,1-2H3,(H,18,19). The fourth-order valence-electron chi connectivity index (χ4n) is 3.74. The van der Waals surface area contributed by atoms with E-state index in [0.717, 1.165) is 24.2 Å². The molecule has 0 amide bonds. The monoisotopic (exact) mass is 270 g/mol. The minimum atomic E-state index is 0.447. The van der Waals surface area contributed by atoms with Crippen LogP contribution in [0.1, 0.15) is 43.2 Å². The Hall–Kier alpha value is -1.60. The Labute approximate surface area is 120 Å². The molecule has 3 rings (SSSR count). The maximum Gasteiger partial charge on any atom is 0.144 e. The second-order valence-electron chi connectivity index (χ2n) is 6.18. The molecule has 0 aliphatic carbocycles. The van der Waals surface area contributed by atoms with Crippen molar-refractivity contribution in [1.29, 1.82) is 5.26 Å². The van der Waals surface area contributed by atoms with Crippen molar-refractivity contribution in [3.05, 3.63) is 23.4 Å². The van der Waals surface area contributed by atoms with Crippen LogP contribution in [0.5, 0.6) is 0 Å². The Balaban J connectivity index is 1.76. The number of nitrogens with zero attached hydrogens (tertiary/aromatic N) is 3. The number of anilines is 1. The first-order valence-corrected chi connectivity index (χ1v) is 7.53. The first-order chi connectivity index (χ1) is 9.69. The first kappa shape index (κ1) is 13.4. The van der Waals surface area contributed by atoms with Crippen molar-refractivity contribution in [3.8, 4) is 6.07 Å². The summed E-state index contributed by atoms with van der Waals surface area (Å²) < 4.78 is 0. The van der Waals surface area contributed by atoms with Gasteiger partial charge in [-0.05, 0) is 51.3 Å². The number of hydrogen-bond acceptors (Lipinski definition) is 4. The molecule has 20 heavy (non-hydrogen) atoms. The normalized spacial score (nSPS) is 29.8. The summed E-state index contributed by atoms with van der Waals surface area (Å²) in [5.74, 6) is 0.764. The van der Waals surface area contributed by atoms with E-state index in [4.69, 9.17) is 0 Å².